The molecule has 23 nitrogen and oxygen atoms in total. The molecule has 0 radical (unpaired) electrons. The summed E-state index contributed by atoms with van der Waals surface area (Å²) >= 11 is 0. The highest BCUT2D eigenvalue weighted by Gasteiger charge is 2.51. The molecular formula is C39H50O23. The van der Waals surface area contributed by atoms with Gasteiger partial charge in [0.1, 0.15) is 108 Å². The number of aliphatic hydroxyl groups is 11. The maximum absolute atomic E-state index is 14.2. The summed E-state index contributed by atoms with van der Waals surface area (Å²) in [5.74, 6) is -2.15. The summed E-state index contributed by atoms with van der Waals surface area (Å²) < 4.78 is 51.3. The van der Waals surface area contributed by atoms with Gasteiger partial charge in [0.05, 0.1) is 24.9 Å². The fourth-order valence-electron chi connectivity index (χ4n) is 7.55. The highest BCUT2D eigenvalue weighted by Crippen LogP contribution is 2.39. The van der Waals surface area contributed by atoms with Crippen molar-refractivity contribution in [3.8, 4) is 34.3 Å². The van der Waals surface area contributed by atoms with E-state index >= 15 is 0 Å². The molecule has 13 N–H and O–H groups in total. The molecule has 0 spiro atoms. The number of benzene rings is 2. The fraction of sp³-hybridized carbons (Fsp3) is 0.615. The number of fused-ring (bicyclic) bond motifs is 1. The van der Waals surface area contributed by atoms with Crippen LogP contribution in [-0.2, 0) is 28.4 Å². The lowest BCUT2D eigenvalue weighted by Crippen LogP contribution is -2.63. The summed E-state index contributed by atoms with van der Waals surface area (Å²) in [4.78, 5) is 14.2. The van der Waals surface area contributed by atoms with Gasteiger partial charge in [-0.25, -0.2) is 0 Å². The zero-order valence-electron chi connectivity index (χ0n) is 33.1. The van der Waals surface area contributed by atoms with Gasteiger partial charge in [-0.3, -0.25) is 4.79 Å². The van der Waals surface area contributed by atoms with E-state index in [1.165, 1.54) is 45.0 Å². The Balaban J connectivity index is 1.10. The van der Waals surface area contributed by atoms with Gasteiger partial charge in [-0.2, -0.15) is 0 Å². The van der Waals surface area contributed by atoms with Crippen molar-refractivity contribution >= 4 is 11.0 Å². The third-order valence-corrected chi connectivity index (χ3v) is 11.3. The van der Waals surface area contributed by atoms with E-state index in [1.54, 1.807) is 0 Å². The van der Waals surface area contributed by atoms with Crippen molar-refractivity contribution in [3.05, 3.63) is 46.6 Å². The molecule has 5 heterocycles. The molecule has 0 bridgehead atoms. The number of rotatable bonds is 10. The SMILES string of the molecule is CC1OC(Oc2cc(O)c3c(=O)c(OC4OC(COC5OC(C)C(OC6OC(C)C(O)C(O)C6O)C(O)C5O)C(O)C(O)C4O)c(-c4ccc(O)cc4)oc3c2)C(O)C(O)C1O. The Morgan fingerprint density at radius 3 is 1.73 bits per heavy atom. The van der Waals surface area contributed by atoms with Gasteiger partial charge in [0, 0.05) is 17.7 Å². The molecule has 0 aliphatic carbocycles. The Morgan fingerprint density at radius 1 is 0.565 bits per heavy atom. The monoisotopic (exact) mass is 886 g/mol. The number of phenolic OH excluding ortho intramolecular Hbond substituents is 2. The lowest BCUT2D eigenvalue weighted by atomic mass is 9.97. The Labute approximate surface area is 350 Å². The summed E-state index contributed by atoms with van der Waals surface area (Å²) in [6, 6.07) is 7.29. The van der Waals surface area contributed by atoms with Crippen LogP contribution in [0.25, 0.3) is 22.3 Å². The number of aliphatic hydroxyl groups excluding tert-OH is 11. The van der Waals surface area contributed by atoms with Gasteiger partial charge in [0.2, 0.25) is 23.8 Å². The van der Waals surface area contributed by atoms with Gasteiger partial charge in [-0.05, 0) is 45.0 Å². The van der Waals surface area contributed by atoms with Crippen LogP contribution in [0.4, 0.5) is 0 Å². The second kappa shape index (κ2) is 18.3. The third kappa shape index (κ3) is 8.83. The maximum Gasteiger partial charge on any atom is 0.239 e. The first-order valence-electron chi connectivity index (χ1n) is 19.6. The Morgan fingerprint density at radius 2 is 1.10 bits per heavy atom. The zero-order chi connectivity index (χ0) is 45.1. The highest BCUT2D eigenvalue weighted by atomic mass is 16.8. The van der Waals surface area contributed by atoms with E-state index in [-0.39, 0.29) is 28.4 Å². The molecule has 2 aromatic carbocycles. The quantitative estimate of drug-likeness (QED) is 0.0921. The lowest BCUT2D eigenvalue weighted by Gasteiger charge is -2.46. The number of phenols is 2. The number of hydrogen-bond acceptors (Lipinski definition) is 23. The van der Waals surface area contributed by atoms with Crippen LogP contribution in [0.5, 0.6) is 23.0 Å². The van der Waals surface area contributed by atoms with Crippen LogP contribution in [0, 0.1) is 0 Å². The normalized spacial score (nSPS) is 41.5. The average Bonchev–Trinajstić information content (AvgIpc) is 3.23. The van der Waals surface area contributed by atoms with Gasteiger partial charge in [-0.1, -0.05) is 0 Å². The second-order valence-electron chi connectivity index (χ2n) is 15.7. The smallest absolute Gasteiger partial charge is 0.239 e. The Bertz CT molecular complexity index is 2070. The molecule has 23 heteroatoms. The van der Waals surface area contributed by atoms with E-state index in [0.29, 0.717) is 0 Å². The van der Waals surface area contributed by atoms with Crippen molar-refractivity contribution in [1.29, 1.82) is 0 Å². The Kier molecular flexibility index (Phi) is 13.7. The highest BCUT2D eigenvalue weighted by molar-refractivity contribution is 5.88. The summed E-state index contributed by atoms with van der Waals surface area (Å²) in [6.45, 7) is 3.58. The zero-order valence-corrected chi connectivity index (χ0v) is 33.1. The van der Waals surface area contributed by atoms with Crippen molar-refractivity contribution in [2.45, 2.75) is 144 Å². The molecule has 4 fully saturated rings. The third-order valence-electron chi connectivity index (χ3n) is 11.3. The van der Waals surface area contributed by atoms with Crippen LogP contribution in [0.1, 0.15) is 20.8 Å². The first kappa shape index (κ1) is 46.2. The van der Waals surface area contributed by atoms with Crippen LogP contribution in [-0.4, -0.2) is 196 Å². The summed E-state index contributed by atoms with van der Waals surface area (Å²) in [5.41, 5.74) is -1.25. The lowest BCUT2D eigenvalue weighted by molar-refractivity contribution is -0.357. The summed E-state index contributed by atoms with van der Waals surface area (Å²) in [7, 11) is 0. The van der Waals surface area contributed by atoms with Crippen LogP contribution in [0.3, 0.4) is 0 Å². The van der Waals surface area contributed by atoms with Gasteiger partial charge in [0.25, 0.3) is 0 Å². The van der Waals surface area contributed by atoms with E-state index in [9.17, 15) is 71.2 Å². The first-order valence-corrected chi connectivity index (χ1v) is 19.6. The molecule has 344 valence electrons. The van der Waals surface area contributed by atoms with Crippen molar-refractivity contribution in [2.75, 3.05) is 6.61 Å². The summed E-state index contributed by atoms with van der Waals surface area (Å²) in [5, 5.41) is 136. The Hall–Kier alpha value is -3.83. The molecule has 20 unspecified atom stereocenters. The first-order chi connectivity index (χ1) is 29.3. The van der Waals surface area contributed by atoms with Crippen LogP contribution >= 0.6 is 0 Å². The van der Waals surface area contributed by atoms with E-state index in [2.05, 4.69) is 0 Å². The minimum Gasteiger partial charge on any atom is -0.508 e. The number of ether oxygens (including phenoxy) is 8. The molecule has 7 rings (SSSR count). The molecule has 1 aromatic heterocycles. The van der Waals surface area contributed by atoms with Gasteiger partial charge < -0.3 is 109 Å². The number of aromatic hydroxyl groups is 2. The maximum atomic E-state index is 14.2. The molecular weight excluding hydrogens is 836 g/mol. The minimum atomic E-state index is -2.04. The minimum absolute atomic E-state index is 0.108. The van der Waals surface area contributed by atoms with Crippen molar-refractivity contribution in [1.82, 2.24) is 0 Å². The van der Waals surface area contributed by atoms with Crippen molar-refractivity contribution in [3.63, 3.8) is 0 Å². The van der Waals surface area contributed by atoms with Crippen LogP contribution < -0.4 is 14.9 Å². The van der Waals surface area contributed by atoms with E-state index in [1.807, 2.05) is 0 Å². The van der Waals surface area contributed by atoms with Gasteiger partial charge in [-0.15, -0.1) is 0 Å². The average molecular weight is 887 g/mol. The standard InChI is InChI=1S/C39H50O23/c1-11-21(42)25(46)29(50)37(55-11)58-16-8-17(41)20-18(9-16)59-34(14-4-6-15(40)7-5-14)35(24(20)45)62-39-31(52)27(48)23(44)19(60-39)10-54-36-32(53)28(49)33(13(3)57-36)61-38-30(51)26(47)22(43)12(2)56-38/h4-9,11-13,19,21-23,25-33,36-44,46-53H,10H2,1-3H3. The molecule has 4 saturated heterocycles. The molecule has 4 aliphatic heterocycles. The van der Waals surface area contributed by atoms with E-state index in [0.717, 1.165) is 12.1 Å². The van der Waals surface area contributed by atoms with Crippen molar-refractivity contribution in [2.24, 2.45) is 0 Å². The predicted molar refractivity (Wildman–Crippen MR) is 201 cm³/mol. The van der Waals surface area contributed by atoms with Crippen LogP contribution in [0.15, 0.2) is 45.6 Å². The molecule has 20 atom stereocenters. The molecule has 0 saturated carbocycles. The van der Waals surface area contributed by atoms with Crippen LogP contribution in [0.2, 0.25) is 0 Å². The van der Waals surface area contributed by atoms with E-state index < -0.39 is 152 Å². The van der Waals surface area contributed by atoms with Gasteiger partial charge >= 0.3 is 0 Å². The molecule has 3 aromatic rings. The topological polar surface area (TPSA) is 367 Å². The molecule has 0 amide bonds. The molecule has 4 aliphatic rings. The fourth-order valence-corrected chi connectivity index (χ4v) is 7.55. The van der Waals surface area contributed by atoms with Crippen molar-refractivity contribution < 1.29 is 109 Å². The molecule has 62 heavy (non-hydrogen) atoms. The summed E-state index contributed by atoms with van der Waals surface area (Å²) in [6.07, 6.45) is -31.7. The largest absolute Gasteiger partial charge is 0.508 e. The number of hydrogen-bond donors (Lipinski definition) is 13. The van der Waals surface area contributed by atoms with E-state index in [4.69, 9.17) is 42.3 Å². The van der Waals surface area contributed by atoms with Gasteiger partial charge in [0.15, 0.2) is 18.3 Å². The second-order valence-corrected chi connectivity index (χ2v) is 15.7. The predicted octanol–water partition coefficient (Wildman–Crippen LogP) is -4.04.